The molecule has 0 saturated heterocycles. The van der Waals surface area contributed by atoms with Crippen LogP contribution < -0.4 is 5.73 Å². The maximum Gasteiger partial charge on any atom is 0.335 e. The first kappa shape index (κ1) is 8.74. The van der Waals surface area contributed by atoms with Gasteiger partial charge in [0.15, 0.2) is 0 Å². The predicted molar refractivity (Wildman–Crippen MR) is 45.1 cm³/mol. The van der Waals surface area contributed by atoms with Gasteiger partial charge < -0.3 is 5.11 Å². The molecule has 0 unspecified atom stereocenters. The Kier molecular flexibility index (Phi) is 2.82. The number of rotatable bonds is 3. The molecular weight excluding hydrogens is 154 g/mol. The third kappa shape index (κ3) is 1.83. The number of hydrogen-bond donors (Lipinski definition) is 1. The molecule has 0 aliphatic heterocycles. The van der Waals surface area contributed by atoms with Crippen LogP contribution in [-0.2, 0) is 6.42 Å². The van der Waals surface area contributed by atoms with Crippen molar-refractivity contribution in [1.29, 1.82) is 0 Å². The highest BCUT2D eigenvalue weighted by Gasteiger charge is 2.06. The summed E-state index contributed by atoms with van der Waals surface area (Å²) < 4.78 is 0. The van der Waals surface area contributed by atoms with Crippen molar-refractivity contribution in [2.45, 2.75) is 6.42 Å². The van der Waals surface area contributed by atoms with E-state index in [1.54, 1.807) is 24.3 Å². The number of carboxylic acids is 1. The molecule has 0 atom stereocenters. The maximum absolute atomic E-state index is 10.6. The second-order valence-corrected chi connectivity index (χ2v) is 2.46. The minimum atomic E-state index is -0.918. The molecule has 0 spiro atoms. The van der Waals surface area contributed by atoms with E-state index in [0.717, 1.165) is 5.56 Å². The highest BCUT2D eigenvalue weighted by atomic mass is 16.4. The Morgan fingerprint density at radius 3 is 2.67 bits per heavy atom. The van der Waals surface area contributed by atoms with Crippen molar-refractivity contribution in [3.63, 3.8) is 0 Å². The van der Waals surface area contributed by atoms with Crippen molar-refractivity contribution >= 4 is 5.97 Å². The minimum absolute atomic E-state index is 0.226. The summed E-state index contributed by atoms with van der Waals surface area (Å²) in [7, 11) is 0. The fourth-order valence-electron chi connectivity index (χ4n) is 1.08. The lowest BCUT2D eigenvalue weighted by Gasteiger charge is -2.02. The van der Waals surface area contributed by atoms with Crippen LogP contribution in [-0.4, -0.2) is 17.6 Å². The molecule has 0 amide bonds. The van der Waals surface area contributed by atoms with Crippen LogP contribution in [0.1, 0.15) is 15.9 Å². The van der Waals surface area contributed by atoms with Gasteiger partial charge in [-0.15, -0.1) is 0 Å². The van der Waals surface area contributed by atoms with Crippen LogP contribution in [0.3, 0.4) is 0 Å². The van der Waals surface area contributed by atoms with E-state index in [1.807, 2.05) is 0 Å². The van der Waals surface area contributed by atoms with Crippen LogP contribution in [0.15, 0.2) is 24.3 Å². The first-order chi connectivity index (χ1) is 5.75. The summed E-state index contributed by atoms with van der Waals surface area (Å²) in [5.41, 5.74) is 8.03. The summed E-state index contributed by atoms with van der Waals surface area (Å²) in [5.74, 6) is -0.918. The first-order valence-corrected chi connectivity index (χ1v) is 3.71. The Bertz CT molecular complexity index is 284. The van der Waals surface area contributed by atoms with E-state index in [1.165, 1.54) is 0 Å². The van der Waals surface area contributed by atoms with Crippen LogP contribution in [0.2, 0.25) is 0 Å². The van der Waals surface area contributed by atoms with E-state index in [0.29, 0.717) is 12.0 Å². The number of carbonyl (C=O) groups is 1. The Morgan fingerprint density at radius 2 is 2.08 bits per heavy atom. The van der Waals surface area contributed by atoms with E-state index in [2.05, 4.69) is 0 Å². The predicted octanol–water partition coefficient (Wildman–Crippen LogP) is 1.21. The molecule has 2 N–H and O–H groups in total. The van der Waals surface area contributed by atoms with Gasteiger partial charge in [0.05, 0.1) is 5.56 Å². The molecule has 0 aliphatic carbocycles. The lowest BCUT2D eigenvalue weighted by atomic mass is 10.1. The van der Waals surface area contributed by atoms with Crippen molar-refractivity contribution in [2.75, 3.05) is 6.54 Å². The zero-order valence-corrected chi connectivity index (χ0v) is 6.58. The highest BCUT2D eigenvalue weighted by molar-refractivity contribution is 5.89. The van der Waals surface area contributed by atoms with Crippen LogP contribution >= 0.6 is 0 Å². The Labute approximate surface area is 70.8 Å². The largest absolute Gasteiger partial charge is 0.478 e. The summed E-state index contributed by atoms with van der Waals surface area (Å²) in [5, 5.41) is 8.73. The third-order valence-electron chi connectivity index (χ3n) is 1.64. The summed E-state index contributed by atoms with van der Waals surface area (Å²) in [4.78, 5) is 10.6. The van der Waals surface area contributed by atoms with Gasteiger partial charge in [-0.1, -0.05) is 18.2 Å². The highest BCUT2D eigenvalue weighted by Crippen LogP contribution is 2.08. The SMILES string of the molecule is [NH]CCc1ccccc1C(=O)O. The monoisotopic (exact) mass is 164 g/mol. The van der Waals surface area contributed by atoms with Gasteiger partial charge in [-0.2, -0.15) is 0 Å². The molecule has 12 heavy (non-hydrogen) atoms. The summed E-state index contributed by atoms with van der Waals surface area (Å²) in [6, 6.07) is 6.79. The number of aromatic carboxylic acids is 1. The molecule has 3 heteroatoms. The summed E-state index contributed by atoms with van der Waals surface area (Å²) in [6.07, 6.45) is 0.502. The van der Waals surface area contributed by atoms with Gasteiger partial charge in [0.25, 0.3) is 0 Å². The molecular formula is C9H10NO2. The first-order valence-electron chi connectivity index (χ1n) is 3.71. The number of carboxylic acid groups (broad SMARTS) is 1. The molecule has 1 rings (SSSR count). The average molecular weight is 164 g/mol. The van der Waals surface area contributed by atoms with Crippen LogP contribution in [0, 0.1) is 0 Å². The Morgan fingerprint density at radius 1 is 1.42 bits per heavy atom. The van der Waals surface area contributed by atoms with E-state index in [-0.39, 0.29) is 6.54 Å². The number of benzene rings is 1. The van der Waals surface area contributed by atoms with Crippen molar-refractivity contribution in [2.24, 2.45) is 0 Å². The molecule has 0 bridgehead atoms. The molecule has 63 valence electrons. The molecule has 1 radical (unpaired) electrons. The lowest BCUT2D eigenvalue weighted by Crippen LogP contribution is -2.04. The van der Waals surface area contributed by atoms with Gasteiger partial charge in [0.2, 0.25) is 0 Å². The topological polar surface area (TPSA) is 61.1 Å². The minimum Gasteiger partial charge on any atom is -0.478 e. The van der Waals surface area contributed by atoms with E-state index in [9.17, 15) is 4.79 Å². The van der Waals surface area contributed by atoms with Crippen LogP contribution in [0.4, 0.5) is 0 Å². The normalized spacial score (nSPS) is 9.75. The quantitative estimate of drug-likeness (QED) is 0.729. The van der Waals surface area contributed by atoms with Gasteiger partial charge in [0, 0.05) is 6.54 Å². The second-order valence-electron chi connectivity index (χ2n) is 2.46. The van der Waals surface area contributed by atoms with Gasteiger partial charge >= 0.3 is 5.97 Å². The molecule has 0 saturated carbocycles. The zero-order valence-electron chi connectivity index (χ0n) is 6.58. The Balaban J connectivity index is 3.00. The fraction of sp³-hybridized carbons (Fsp3) is 0.222. The van der Waals surface area contributed by atoms with Gasteiger partial charge in [-0.25, -0.2) is 4.79 Å². The van der Waals surface area contributed by atoms with Crippen LogP contribution in [0.25, 0.3) is 0 Å². The third-order valence-corrected chi connectivity index (χ3v) is 1.64. The van der Waals surface area contributed by atoms with E-state index < -0.39 is 5.97 Å². The number of nitrogens with one attached hydrogen (secondary N) is 1. The lowest BCUT2D eigenvalue weighted by molar-refractivity contribution is 0.0696. The smallest absolute Gasteiger partial charge is 0.335 e. The Hall–Kier alpha value is -1.35. The van der Waals surface area contributed by atoms with Gasteiger partial charge in [-0.3, -0.25) is 5.73 Å². The molecule has 0 heterocycles. The van der Waals surface area contributed by atoms with Gasteiger partial charge in [0.1, 0.15) is 0 Å². The average Bonchev–Trinajstić information content (AvgIpc) is 2.05. The standard InChI is InChI=1S/C9H10NO2/c10-6-5-7-3-1-2-4-8(7)9(11)12/h1-4,10H,5-6H2,(H,11,12). The summed E-state index contributed by atoms with van der Waals surface area (Å²) in [6.45, 7) is 0.226. The fourth-order valence-corrected chi connectivity index (χ4v) is 1.08. The molecule has 1 aromatic carbocycles. The molecule has 1 aromatic rings. The van der Waals surface area contributed by atoms with Crippen LogP contribution in [0.5, 0.6) is 0 Å². The second kappa shape index (κ2) is 3.88. The van der Waals surface area contributed by atoms with Crippen molar-refractivity contribution < 1.29 is 9.90 Å². The van der Waals surface area contributed by atoms with Crippen molar-refractivity contribution in [3.05, 3.63) is 35.4 Å². The molecule has 0 fully saturated rings. The maximum atomic E-state index is 10.6. The zero-order chi connectivity index (χ0) is 8.97. The van der Waals surface area contributed by atoms with E-state index >= 15 is 0 Å². The summed E-state index contributed by atoms with van der Waals surface area (Å²) >= 11 is 0. The van der Waals surface area contributed by atoms with Crippen molar-refractivity contribution in [3.8, 4) is 0 Å². The van der Waals surface area contributed by atoms with Crippen molar-refractivity contribution in [1.82, 2.24) is 5.73 Å². The molecule has 0 aliphatic rings. The molecule has 3 nitrogen and oxygen atoms in total. The van der Waals surface area contributed by atoms with E-state index in [4.69, 9.17) is 10.8 Å². The number of hydrogen-bond acceptors (Lipinski definition) is 1. The molecule has 0 aromatic heterocycles. The van der Waals surface area contributed by atoms with Gasteiger partial charge in [-0.05, 0) is 18.1 Å².